The van der Waals surface area contributed by atoms with Gasteiger partial charge in [0, 0.05) is 31.3 Å². The molecule has 2 heterocycles. The summed E-state index contributed by atoms with van der Waals surface area (Å²) in [5.74, 6) is -6.05. The second-order valence-corrected chi connectivity index (χ2v) is 9.96. The van der Waals surface area contributed by atoms with E-state index in [0.29, 0.717) is 19.4 Å². The van der Waals surface area contributed by atoms with E-state index >= 15 is 0 Å². The molecule has 218 valence electrons. The zero-order valence-electron chi connectivity index (χ0n) is 22.1. The minimum Gasteiger partial charge on any atom is -0.481 e. The van der Waals surface area contributed by atoms with Gasteiger partial charge in [-0.25, -0.2) is 0 Å². The number of nitrogens with one attached hydrogen (secondary N) is 6. The summed E-state index contributed by atoms with van der Waals surface area (Å²) in [6, 6.07) is -3.74. The number of ketones is 1. The number of piperidine rings is 1. The number of carbonyl (C=O) groups excluding carboxylic acids is 5. The molecule has 2 rings (SSSR count). The SMILES string of the molecule is CCCC[C@@H]1NC[C@H](C(=O)C2C[C@H](C(=O)N[C@@H](CCC(=O)O)C(N)=O)NC(=O)[C@@H]2CCCNC(=N)N)NC1=O. The van der Waals surface area contributed by atoms with Gasteiger partial charge in [0.1, 0.15) is 18.1 Å². The molecule has 15 heteroatoms. The quantitative estimate of drug-likeness (QED) is 0.0582. The third kappa shape index (κ3) is 9.50. The fourth-order valence-corrected chi connectivity index (χ4v) is 4.88. The second kappa shape index (κ2) is 15.0. The van der Waals surface area contributed by atoms with Crippen LogP contribution in [0.15, 0.2) is 0 Å². The van der Waals surface area contributed by atoms with Crippen LogP contribution in [0.3, 0.4) is 0 Å². The number of nitrogens with two attached hydrogens (primary N) is 2. The molecule has 11 N–H and O–H groups in total. The van der Waals surface area contributed by atoms with Crippen molar-refractivity contribution < 1.29 is 33.9 Å². The van der Waals surface area contributed by atoms with Crippen molar-refractivity contribution in [1.29, 1.82) is 5.41 Å². The standard InChI is InChI=1S/C24H40N8O7/c1-2-3-6-15-22(38)32-17(11-29-15)19(35)13-10-16(23(39)30-14(20(25)36)7-8-18(33)34)31-21(37)12(13)5-4-9-28-24(26)27/h12-17,29H,2-11H2,1H3,(H2,25,36)(H,30,39)(H,31,37)(H,32,38)(H,33,34)(H4,26,27,28)/t12-,13?,14+,15+,16-,17-/m1/s1. The van der Waals surface area contributed by atoms with Crippen LogP contribution in [0.25, 0.3) is 0 Å². The van der Waals surface area contributed by atoms with Crippen LogP contribution >= 0.6 is 0 Å². The fourth-order valence-electron chi connectivity index (χ4n) is 4.88. The van der Waals surface area contributed by atoms with E-state index in [1.54, 1.807) is 0 Å². The number of primary amides is 1. The number of piperazine rings is 1. The molecule has 0 aromatic heterocycles. The third-order valence-electron chi connectivity index (χ3n) is 7.02. The van der Waals surface area contributed by atoms with Gasteiger partial charge in [0.25, 0.3) is 0 Å². The van der Waals surface area contributed by atoms with Crippen molar-refractivity contribution in [3.05, 3.63) is 0 Å². The molecule has 6 atom stereocenters. The van der Waals surface area contributed by atoms with Crippen molar-refractivity contribution in [1.82, 2.24) is 26.6 Å². The summed E-state index contributed by atoms with van der Waals surface area (Å²) in [4.78, 5) is 74.9. The zero-order chi connectivity index (χ0) is 29.1. The summed E-state index contributed by atoms with van der Waals surface area (Å²) in [5, 5.41) is 29.6. The van der Waals surface area contributed by atoms with E-state index in [9.17, 15) is 28.8 Å². The maximum absolute atomic E-state index is 13.6. The highest BCUT2D eigenvalue weighted by Gasteiger charge is 2.45. The number of hydrogen-bond donors (Lipinski definition) is 9. The first-order valence-corrected chi connectivity index (χ1v) is 13.2. The summed E-state index contributed by atoms with van der Waals surface area (Å²) >= 11 is 0. The molecule has 0 aliphatic carbocycles. The van der Waals surface area contributed by atoms with Crippen LogP contribution in [-0.4, -0.2) is 83.7 Å². The third-order valence-corrected chi connectivity index (χ3v) is 7.02. The molecule has 2 saturated heterocycles. The Hall–Kier alpha value is -3.75. The van der Waals surface area contributed by atoms with Gasteiger partial charge in [0.2, 0.25) is 23.6 Å². The maximum Gasteiger partial charge on any atom is 0.303 e. The fraction of sp³-hybridized carbons (Fsp3) is 0.708. The molecule has 4 amide bonds. The maximum atomic E-state index is 13.6. The Balaban J connectivity index is 2.17. The predicted molar refractivity (Wildman–Crippen MR) is 139 cm³/mol. The van der Waals surface area contributed by atoms with Crippen molar-refractivity contribution in [2.75, 3.05) is 13.1 Å². The first-order valence-electron chi connectivity index (χ1n) is 13.2. The average molecular weight is 553 g/mol. The van der Waals surface area contributed by atoms with Crippen LogP contribution in [0.2, 0.25) is 0 Å². The summed E-state index contributed by atoms with van der Waals surface area (Å²) in [6.45, 7) is 2.50. The molecule has 0 saturated carbocycles. The van der Waals surface area contributed by atoms with E-state index in [1.165, 1.54) is 0 Å². The van der Waals surface area contributed by atoms with Crippen LogP contribution in [0.5, 0.6) is 0 Å². The lowest BCUT2D eigenvalue weighted by atomic mass is 9.75. The number of unbranched alkanes of at least 4 members (excludes halogenated alkanes) is 1. The lowest BCUT2D eigenvalue weighted by Crippen LogP contribution is -2.64. The molecule has 0 aromatic carbocycles. The van der Waals surface area contributed by atoms with Crippen molar-refractivity contribution >= 4 is 41.3 Å². The van der Waals surface area contributed by atoms with Gasteiger partial charge in [-0.05, 0) is 32.1 Å². The molecule has 2 aliphatic rings. The van der Waals surface area contributed by atoms with Crippen molar-refractivity contribution in [2.24, 2.45) is 23.3 Å². The number of carboxylic acid groups (broad SMARTS) is 1. The van der Waals surface area contributed by atoms with Gasteiger partial charge in [-0.2, -0.15) is 0 Å². The number of Topliss-reactive ketones (excluding diaryl/α,β-unsaturated/α-hetero) is 1. The normalized spacial score (nSPS) is 25.5. The lowest BCUT2D eigenvalue weighted by Gasteiger charge is -2.38. The molecule has 0 bridgehead atoms. The number of aliphatic carboxylic acids is 1. The van der Waals surface area contributed by atoms with Gasteiger partial charge in [-0.15, -0.1) is 0 Å². The van der Waals surface area contributed by atoms with Gasteiger partial charge in [0.15, 0.2) is 11.7 Å². The molecule has 39 heavy (non-hydrogen) atoms. The molecular formula is C24H40N8O7. The Morgan fingerprint density at radius 1 is 1.08 bits per heavy atom. The Morgan fingerprint density at radius 2 is 1.77 bits per heavy atom. The van der Waals surface area contributed by atoms with Gasteiger partial charge >= 0.3 is 5.97 Å². The number of amides is 4. The van der Waals surface area contributed by atoms with Crippen molar-refractivity contribution in [3.63, 3.8) is 0 Å². The predicted octanol–water partition coefficient (Wildman–Crippen LogP) is -2.58. The van der Waals surface area contributed by atoms with Crippen LogP contribution in [-0.2, 0) is 28.8 Å². The van der Waals surface area contributed by atoms with Crippen LogP contribution in [0.1, 0.15) is 58.3 Å². The number of hydrogen-bond acceptors (Lipinski definition) is 8. The highest BCUT2D eigenvalue weighted by Crippen LogP contribution is 2.30. The highest BCUT2D eigenvalue weighted by molar-refractivity contribution is 5.99. The Bertz CT molecular complexity index is 959. The molecule has 0 aromatic rings. The topological polar surface area (TPSA) is 259 Å². The average Bonchev–Trinajstić information content (AvgIpc) is 2.87. The van der Waals surface area contributed by atoms with Gasteiger partial charge in [0.05, 0.1) is 6.04 Å². The summed E-state index contributed by atoms with van der Waals surface area (Å²) in [7, 11) is 0. The first-order chi connectivity index (χ1) is 18.4. The molecule has 2 fully saturated rings. The van der Waals surface area contributed by atoms with Crippen molar-refractivity contribution in [2.45, 2.75) is 82.5 Å². The monoisotopic (exact) mass is 552 g/mol. The van der Waals surface area contributed by atoms with E-state index in [2.05, 4.69) is 26.6 Å². The van der Waals surface area contributed by atoms with Crippen LogP contribution in [0, 0.1) is 17.2 Å². The minimum absolute atomic E-state index is 0.0861. The van der Waals surface area contributed by atoms with Crippen LogP contribution in [0.4, 0.5) is 0 Å². The molecule has 2 aliphatic heterocycles. The molecule has 0 radical (unpaired) electrons. The summed E-state index contributed by atoms with van der Waals surface area (Å²) < 4.78 is 0. The molecule has 1 unspecified atom stereocenters. The molecule has 15 nitrogen and oxygen atoms in total. The summed E-state index contributed by atoms with van der Waals surface area (Å²) in [6.07, 6.45) is 2.33. The number of carboxylic acids is 1. The highest BCUT2D eigenvalue weighted by atomic mass is 16.4. The summed E-state index contributed by atoms with van der Waals surface area (Å²) in [5.41, 5.74) is 10.6. The number of guanidine groups is 1. The van der Waals surface area contributed by atoms with Gasteiger partial charge in [-0.1, -0.05) is 19.8 Å². The van der Waals surface area contributed by atoms with E-state index in [1.807, 2.05) is 6.92 Å². The second-order valence-electron chi connectivity index (χ2n) is 9.96. The van der Waals surface area contributed by atoms with E-state index in [-0.39, 0.29) is 43.5 Å². The lowest BCUT2D eigenvalue weighted by molar-refractivity contribution is -0.144. The van der Waals surface area contributed by atoms with E-state index in [4.69, 9.17) is 22.0 Å². The molecular weight excluding hydrogens is 512 g/mol. The molecule has 0 spiro atoms. The van der Waals surface area contributed by atoms with E-state index in [0.717, 1.165) is 12.8 Å². The first kappa shape index (κ1) is 31.5. The van der Waals surface area contributed by atoms with Gasteiger partial charge < -0.3 is 43.2 Å². The number of carbonyl (C=O) groups is 6. The van der Waals surface area contributed by atoms with Crippen LogP contribution < -0.4 is 38.1 Å². The smallest absolute Gasteiger partial charge is 0.303 e. The Labute approximate surface area is 226 Å². The van der Waals surface area contributed by atoms with E-state index < -0.39 is 66.1 Å². The Kier molecular flexibility index (Phi) is 12.1. The Morgan fingerprint density at radius 3 is 2.36 bits per heavy atom. The number of rotatable bonds is 15. The van der Waals surface area contributed by atoms with Crippen molar-refractivity contribution in [3.8, 4) is 0 Å². The zero-order valence-corrected chi connectivity index (χ0v) is 22.1. The largest absolute Gasteiger partial charge is 0.481 e. The minimum atomic E-state index is -1.27. The van der Waals surface area contributed by atoms with Gasteiger partial charge in [-0.3, -0.25) is 34.2 Å².